The van der Waals surface area contributed by atoms with Crippen molar-refractivity contribution in [1.82, 2.24) is 5.32 Å². The van der Waals surface area contributed by atoms with E-state index < -0.39 is 0 Å². The van der Waals surface area contributed by atoms with Crippen LogP contribution in [0.4, 0.5) is 10.1 Å². The number of rotatable bonds is 3. The van der Waals surface area contributed by atoms with Gasteiger partial charge in [0.15, 0.2) is 0 Å². The summed E-state index contributed by atoms with van der Waals surface area (Å²) < 4.78 is 14.3. The van der Waals surface area contributed by atoms with Crippen LogP contribution in [0.5, 0.6) is 0 Å². The van der Waals surface area contributed by atoms with Crippen LogP contribution in [0, 0.1) is 18.7 Å². The normalized spacial score (nSPS) is 23.7. The average molecular weight is 329 g/mol. The molecule has 1 fully saturated rings. The molecule has 0 spiro atoms. The molecule has 1 aliphatic rings. The van der Waals surface area contributed by atoms with Crippen molar-refractivity contribution in [3.63, 3.8) is 0 Å². The van der Waals surface area contributed by atoms with E-state index in [9.17, 15) is 4.39 Å². The summed E-state index contributed by atoms with van der Waals surface area (Å²) >= 11 is 3.24. The largest absolute Gasteiger partial charge is 0.371 e. The van der Waals surface area contributed by atoms with E-state index in [1.807, 2.05) is 13.0 Å². The first-order valence-corrected chi connectivity index (χ1v) is 7.76. The van der Waals surface area contributed by atoms with Crippen LogP contribution in [0.25, 0.3) is 0 Å². The lowest BCUT2D eigenvalue weighted by Gasteiger charge is -2.39. The second-order valence-electron chi connectivity index (χ2n) is 5.43. The zero-order valence-electron chi connectivity index (χ0n) is 11.8. The summed E-state index contributed by atoms with van der Waals surface area (Å²) in [6.45, 7) is 9.45. The molecule has 0 aliphatic carbocycles. The van der Waals surface area contributed by atoms with Crippen molar-refractivity contribution < 1.29 is 4.39 Å². The fourth-order valence-electron chi connectivity index (χ4n) is 2.91. The molecule has 0 bridgehead atoms. The highest BCUT2D eigenvalue weighted by Gasteiger charge is 2.26. The lowest BCUT2D eigenvalue weighted by molar-refractivity contribution is 0.326. The predicted molar refractivity (Wildman–Crippen MR) is 82.3 cm³/mol. The highest BCUT2D eigenvalue weighted by Crippen LogP contribution is 2.30. The second-order valence-corrected chi connectivity index (χ2v) is 6.28. The van der Waals surface area contributed by atoms with Crippen molar-refractivity contribution >= 4 is 21.6 Å². The summed E-state index contributed by atoms with van der Waals surface area (Å²) in [4.78, 5) is 2.31. The van der Waals surface area contributed by atoms with Crippen LogP contribution in [0.1, 0.15) is 25.8 Å². The molecule has 1 aromatic carbocycles. The number of nitrogens with one attached hydrogen (secondary N) is 1. The molecule has 2 unspecified atom stereocenters. The maximum Gasteiger partial charge on any atom is 0.139 e. The molecule has 2 atom stereocenters. The number of hydrogen-bond acceptors (Lipinski definition) is 2. The number of nitrogens with zero attached hydrogens (tertiary/aromatic N) is 1. The van der Waals surface area contributed by atoms with Gasteiger partial charge in [-0.1, -0.05) is 13.8 Å². The van der Waals surface area contributed by atoms with Crippen molar-refractivity contribution in [1.29, 1.82) is 0 Å². The van der Waals surface area contributed by atoms with Crippen LogP contribution < -0.4 is 10.2 Å². The molecule has 1 saturated heterocycles. The number of benzene rings is 1. The third kappa shape index (κ3) is 3.29. The van der Waals surface area contributed by atoms with Gasteiger partial charge >= 0.3 is 0 Å². The van der Waals surface area contributed by atoms with Crippen LogP contribution in [0.2, 0.25) is 0 Å². The molecule has 2 nitrogen and oxygen atoms in total. The van der Waals surface area contributed by atoms with Gasteiger partial charge in [-0.15, -0.1) is 0 Å². The molecule has 106 valence electrons. The Bertz CT molecular complexity index is 450. The third-order valence-electron chi connectivity index (χ3n) is 3.95. The third-order valence-corrected chi connectivity index (χ3v) is 4.56. The standard InChI is InChI=1S/C15H22BrFN2/c1-4-18-14-5-6-19(9-11(14)3)15-8-13(17)12(16)7-10(15)2/h7-8,11,14,18H,4-6,9H2,1-3H3. The van der Waals surface area contributed by atoms with E-state index in [4.69, 9.17) is 0 Å². The van der Waals surface area contributed by atoms with E-state index in [2.05, 4.69) is 40.0 Å². The minimum Gasteiger partial charge on any atom is -0.371 e. The Hall–Kier alpha value is -0.610. The molecule has 4 heteroatoms. The quantitative estimate of drug-likeness (QED) is 0.909. The summed E-state index contributed by atoms with van der Waals surface area (Å²) in [5.74, 6) is 0.405. The first kappa shape index (κ1) is 14.8. The Morgan fingerprint density at radius 1 is 1.47 bits per heavy atom. The average Bonchev–Trinajstić information content (AvgIpc) is 2.36. The van der Waals surface area contributed by atoms with Crippen LogP contribution in [-0.4, -0.2) is 25.7 Å². The molecule has 0 aromatic heterocycles. The van der Waals surface area contributed by atoms with E-state index in [1.54, 1.807) is 6.07 Å². The minimum absolute atomic E-state index is 0.179. The van der Waals surface area contributed by atoms with E-state index in [0.717, 1.165) is 37.3 Å². The molecule has 1 heterocycles. The van der Waals surface area contributed by atoms with Gasteiger partial charge in [0.1, 0.15) is 5.82 Å². The van der Waals surface area contributed by atoms with Gasteiger partial charge in [0.25, 0.3) is 0 Å². The van der Waals surface area contributed by atoms with Crippen LogP contribution in [-0.2, 0) is 0 Å². The smallest absolute Gasteiger partial charge is 0.139 e. The van der Waals surface area contributed by atoms with Gasteiger partial charge in [-0.25, -0.2) is 4.39 Å². The molecular weight excluding hydrogens is 307 g/mol. The van der Waals surface area contributed by atoms with Crippen LogP contribution >= 0.6 is 15.9 Å². The van der Waals surface area contributed by atoms with Crippen LogP contribution in [0.3, 0.4) is 0 Å². The highest BCUT2D eigenvalue weighted by molar-refractivity contribution is 9.10. The highest BCUT2D eigenvalue weighted by atomic mass is 79.9. The lowest BCUT2D eigenvalue weighted by Crippen LogP contribution is -2.48. The summed E-state index contributed by atoms with van der Waals surface area (Å²) in [5.41, 5.74) is 2.16. The number of halogens is 2. The molecular formula is C15H22BrFN2. The van der Waals surface area contributed by atoms with Gasteiger partial charge in [-0.2, -0.15) is 0 Å². The zero-order valence-corrected chi connectivity index (χ0v) is 13.4. The Kier molecular flexibility index (Phi) is 4.85. The van der Waals surface area contributed by atoms with Crippen molar-refractivity contribution in [2.75, 3.05) is 24.5 Å². The first-order valence-electron chi connectivity index (χ1n) is 6.97. The predicted octanol–water partition coefficient (Wildman–Crippen LogP) is 3.72. The molecule has 0 radical (unpaired) electrons. The molecule has 0 amide bonds. The number of aryl methyl sites for hydroxylation is 1. The second kappa shape index (κ2) is 6.23. The topological polar surface area (TPSA) is 15.3 Å². The fraction of sp³-hybridized carbons (Fsp3) is 0.600. The van der Waals surface area contributed by atoms with E-state index in [-0.39, 0.29) is 5.82 Å². The summed E-state index contributed by atoms with van der Waals surface area (Å²) in [5, 5.41) is 3.53. The molecule has 1 N–H and O–H groups in total. The molecule has 1 aliphatic heterocycles. The Morgan fingerprint density at radius 3 is 2.84 bits per heavy atom. The van der Waals surface area contributed by atoms with Crippen molar-refractivity contribution in [2.24, 2.45) is 5.92 Å². The molecule has 2 rings (SSSR count). The zero-order chi connectivity index (χ0) is 14.0. The SMILES string of the molecule is CCNC1CCN(c2cc(F)c(Br)cc2C)CC1C. The maximum absolute atomic E-state index is 13.7. The summed E-state index contributed by atoms with van der Waals surface area (Å²) in [7, 11) is 0. The van der Waals surface area contributed by atoms with E-state index in [0.29, 0.717) is 16.4 Å². The minimum atomic E-state index is -0.179. The van der Waals surface area contributed by atoms with Crippen molar-refractivity contribution in [2.45, 2.75) is 33.2 Å². The molecule has 0 saturated carbocycles. The number of piperidine rings is 1. The maximum atomic E-state index is 13.7. The first-order chi connectivity index (χ1) is 9.02. The van der Waals surface area contributed by atoms with E-state index in [1.165, 1.54) is 0 Å². The fourth-order valence-corrected chi connectivity index (χ4v) is 3.36. The van der Waals surface area contributed by atoms with Gasteiger partial charge in [0, 0.05) is 24.8 Å². The number of anilines is 1. The van der Waals surface area contributed by atoms with Gasteiger partial charge in [0.2, 0.25) is 0 Å². The lowest BCUT2D eigenvalue weighted by atomic mass is 9.93. The van der Waals surface area contributed by atoms with Crippen molar-refractivity contribution in [3.05, 3.63) is 28.0 Å². The van der Waals surface area contributed by atoms with Gasteiger partial charge in [0.05, 0.1) is 4.47 Å². The Morgan fingerprint density at radius 2 is 2.21 bits per heavy atom. The van der Waals surface area contributed by atoms with Crippen LogP contribution in [0.15, 0.2) is 16.6 Å². The summed E-state index contributed by atoms with van der Waals surface area (Å²) in [6.07, 6.45) is 1.12. The number of hydrogen-bond donors (Lipinski definition) is 1. The van der Waals surface area contributed by atoms with Gasteiger partial charge in [-0.05, 0) is 59.4 Å². The Labute approximate surface area is 123 Å². The van der Waals surface area contributed by atoms with E-state index >= 15 is 0 Å². The monoisotopic (exact) mass is 328 g/mol. The molecule has 19 heavy (non-hydrogen) atoms. The summed E-state index contributed by atoms with van der Waals surface area (Å²) in [6, 6.07) is 4.10. The van der Waals surface area contributed by atoms with Gasteiger partial charge < -0.3 is 10.2 Å². The van der Waals surface area contributed by atoms with Gasteiger partial charge in [-0.3, -0.25) is 0 Å². The Balaban J connectivity index is 2.14. The molecule has 1 aromatic rings. The van der Waals surface area contributed by atoms with Crippen molar-refractivity contribution in [3.8, 4) is 0 Å².